The molecule has 8 heteroatoms. The van der Waals surface area contributed by atoms with Crippen molar-refractivity contribution in [3.05, 3.63) is 11.3 Å². The first-order valence-electron chi connectivity index (χ1n) is 7.75. The maximum absolute atomic E-state index is 12.4. The van der Waals surface area contributed by atoms with Gasteiger partial charge >= 0.3 is 11.8 Å². The number of hydrogen-bond donors (Lipinski definition) is 1. The van der Waals surface area contributed by atoms with E-state index in [-0.39, 0.29) is 5.54 Å². The maximum atomic E-state index is 12.4. The van der Waals surface area contributed by atoms with Gasteiger partial charge in [0.05, 0.1) is 24.4 Å². The lowest BCUT2D eigenvalue weighted by Gasteiger charge is -2.27. The van der Waals surface area contributed by atoms with Crippen LogP contribution in [-0.4, -0.2) is 52.8 Å². The van der Waals surface area contributed by atoms with Gasteiger partial charge in [0.15, 0.2) is 0 Å². The Labute approximate surface area is 139 Å². The Hall–Kier alpha value is -1.54. The summed E-state index contributed by atoms with van der Waals surface area (Å²) >= 11 is 1.77. The smallest absolute Gasteiger partial charge is 0.315 e. The van der Waals surface area contributed by atoms with E-state index in [9.17, 15) is 9.59 Å². The highest BCUT2D eigenvalue weighted by Gasteiger charge is 2.31. The summed E-state index contributed by atoms with van der Waals surface area (Å²) in [5.41, 5.74) is 1.77. The van der Waals surface area contributed by atoms with E-state index in [2.05, 4.69) is 10.4 Å². The second-order valence-electron chi connectivity index (χ2n) is 6.71. The Morgan fingerprint density at radius 2 is 1.91 bits per heavy atom. The molecule has 0 radical (unpaired) electrons. The number of rotatable bonds is 1. The van der Waals surface area contributed by atoms with Crippen LogP contribution in [0.4, 0.5) is 5.82 Å². The number of hydrogen-bond acceptors (Lipinski definition) is 5. The zero-order chi connectivity index (χ0) is 16.6. The van der Waals surface area contributed by atoms with E-state index in [4.69, 9.17) is 4.74 Å². The minimum atomic E-state index is -0.600. The molecule has 0 atom stereocenters. The molecule has 2 aliphatic heterocycles. The Morgan fingerprint density at radius 1 is 1.22 bits per heavy atom. The predicted octanol–water partition coefficient (Wildman–Crippen LogP) is 1.18. The molecule has 3 rings (SSSR count). The van der Waals surface area contributed by atoms with Crippen molar-refractivity contribution in [3.63, 3.8) is 0 Å². The molecule has 0 aliphatic carbocycles. The number of fused-ring (bicyclic) bond motifs is 1. The number of ether oxygens (including phenoxy) is 1. The van der Waals surface area contributed by atoms with Crippen molar-refractivity contribution in [1.82, 2.24) is 14.7 Å². The van der Waals surface area contributed by atoms with Crippen molar-refractivity contribution in [2.75, 3.05) is 31.6 Å². The van der Waals surface area contributed by atoms with Crippen molar-refractivity contribution in [1.29, 1.82) is 0 Å². The van der Waals surface area contributed by atoms with Gasteiger partial charge in [-0.05, 0) is 20.8 Å². The summed E-state index contributed by atoms with van der Waals surface area (Å²) in [7, 11) is 0. The number of thioether (sulfide) groups is 1. The van der Waals surface area contributed by atoms with Crippen LogP contribution in [0.15, 0.2) is 0 Å². The zero-order valence-electron chi connectivity index (χ0n) is 13.7. The van der Waals surface area contributed by atoms with Gasteiger partial charge < -0.3 is 15.0 Å². The molecule has 2 aliphatic rings. The van der Waals surface area contributed by atoms with Crippen LogP contribution in [0.3, 0.4) is 0 Å². The molecular formula is C15H22N4O3S. The van der Waals surface area contributed by atoms with E-state index < -0.39 is 11.8 Å². The first-order chi connectivity index (χ1) is 10.9. The molecule has 1 aromatic rings. The number of anilines is 1. The summed E-state index contributed by atoms with van der Waals surface area (Å²) in [6.45, 7) is 7.96. The molecule has 23 heavy (non-hydrogen) atoms. The first kappa shape index (κ1) is 16.3. The van der Waals surface area contributed by atoms with E-state index in [0.29, 0.717) is 32.1 Å². The third-order valence-corrected chi connectivity index (χ3v) is 4.88. The SMILES string of the molecule is CC(C)(C)n1nc2c(c1NC(=O)C(=O)N1CCOCC1)CSC2. The minimum Gasteiger partial charge on any atom is -0.378 e. The van der Waals surface area contributed by atoms with Gasteiger partial charge in [-0.25, -0.2) is 4.68 Å². The van der Waals surface area contributed by atoms with Gasteiger partial charge in [0.25, 0.3) is 0 Å². The van der Waals surface area contributed by atoms with Crippen molar-refractivity contribution in [2.24, 2.45) is 0 Å². The van der Waals surface area contributed by atoms with Gasteiger partial charge in [-0.15, -0.1) is 0 Å². The van der Waals surface area contributed by atoms with Gasteiger partial charge in [0, 0.05) is 30.2 Å². The van der Waals surface area contributed by atoms with E-state index >= 15 is 0 Å². The van der Waals surface area contributed by atoms with Crippen molar-refractivity contribution in [3.8, 4) is 0 Å². The van der Waals surface area contributed by atoms with Gasteiger partial charge in [-0.3, -0.25) is 9.59 Å². The number of carbonyl (C=O) groups excluding carboxylic acids is 2. The van der Waals surface area contributed by atoms with Crippen LogP contribution in [0.2, 0.25) is 0 Å². The third-order valence-electron chi connectivity index (χ3n) is 3.91. The highest BCUT2D eigenvalue weighted by atomic mass is 32.2. The molecule has 126 valence electrons. The molecule has 1 saturated heterocycles. The van der Waals surface area contributed by atoms with Crippen LogP contribution in [0.25, 0.3) is 0 Å². The Morgan fingerprint density at radius 3 is 2.57 bits per heavy atom. The first-order valence-corrected chi connectivity index (χ1v) is 8.90. The lowest BCUT2D eigenvalue weighted by molar-refractivity contribution is -0.145. The molecule has 1 aromatic heterocycles. The minimum absolute atomic E-state index is 0.264. The second-order valence-corrected chi connectivity index (χ2v) is 7.69. The van der Waals surface area contributed by atoms with Gasteiger partial charge in [0.2, 0.25) is 0 Å². The molecule has 7 nitrogen and oxygen atoms in total. The molecule has 2 amide bonds. The van der Waals surface area contributed by atoms with Crippen molar-refractivity contribution < 1.29 is 14.3 Å². The van der Waals surface area contributed by atoms with Crippen molar-refractivity contribution >= 4 is 29.4 Å². The largest absolute Gasteiger partial charge is 0.378 e. The summed E-state index contributed by atoms with van der Waals surface area (Å²) in [4.78, 5) is 26.2. The van der Waals surface area contributed by atoms with Gasteiger partial charge in [0.1, 0.15) is 5.82 Å². The molecule has 0 unspecified atom stereocenters. The predicted molar refractivity (Wildman–Crippen MR) is 88.3 cm³/mol. The van der Waals surface area contributed by atoms with Gasteiger partial charge in [-0.1, -0.05) is 0 Å². The van der Waals surface area contributed by atoms with E-state index in [1.165, 1.54) is 4.90 Å². The van der Waals surface area contributed by atoms with Crippen LogP contribution in [0.1, 0.15) is 32.0 Å². The Balaban J connectivity index is 1.82. The van der Waals surface area contributed by atoms with Crippen LogP contribution in [0.5, 0.6) is 0 Å². The summed E-state index contributed by atoms with van der Waals surface area (Å²) < 4.78 is 7.04. The number of amides is 2. The quantitative estimate of drug-likeness (QED) is 0.778. The fourth-order valence-electron chi connectivity index (χ4n) is 2.70. The standard InChI is InChI=1S/C15H22N4O3S/c1-15(2,3)19-12(10-8-23-9-11(10)17-19)16-13(20)14(21)18-4-6-22-7-5-18/h4-9H2,1-3H3,(H,16,20). The fourth-order valence-corrected chi connectivity index (χ4v) is 3.73. The average molecular weight is 338 g/mol. The molecular weight excluding hydrogens is 316 g/mol. The lowest BCUT2D eigenvalue weighted by atomic mass is 10.1. The van der Waals surface area contributed by atoms with Crippen LogP contribution in [-0.2, 0) is 31.4 Å². The highest BCUT2D eigenvalue weighted by Crippen LogP contribution is 2.37. The maximum Gasteiger partial charge on any atom is 0.315 e. The number of carbonyl (C=O) groups is 2. The number of nitrogens with zero attached hydrogens (tertiary/aromatic N) is 3. The molecule has 1 N–H and O–H groups in total. The zero-order valence-corrected chi connectivity index (χ0v) is 14.5. The highest BCUT2D eigenvalue weighted by molar-refractivity contribution is 7.98. The third kappa shape index (κ3) is 3.23. The molecule has 0 saturated carbocycles. The molecule has 0 spiro atoms. The van der Waals surface area contributed by atoms with E-state index in [1.807, 2.05) is 25.5 Å². The number of morpholine rings is 1. The summed E-state index contributed by atoms with van der Waals surface area (Å²) in [5.74, 6) is 1.21. The van der Waals surface area contributed by atoms with E-state index in [0.717, 1.165) is 22.8 Å². The molecule has 3 heterocycles. The van der Waals surface area contributed by atoms with Crippen LogP contribution in [0, 0.1) is 0 Å². The van der Waals surface area contributed by atoms with Gasteiger partial charge in [-0.2, -0.15) is 16.9 Å². The van der Waals surface area contributed by atoms with Crippen LogP contribution >= 0.6 is 11.8 Å². The number of aromatic nitrogens is 2. The fraction of sp³-hybridized carbons (Fsp3) is 0.667. The average Bonchev–Trinajstić information content (AvgIpc) is 3.09. The summed E-state index contributed by atoms with van der Waals surface area (Å²) in [6, 6.07) is 0. The van der Waals surface area contributed by atoms with Crippen LogP contribution < -0.4 is 5.32 Å². The lowest BCUT2D eigenvalue weighted by Crippen LogP contribution is -2.46. The second kappa shape index (κ2) is 6.16. The topological polar surface area (TPSA) is 76.5 Å². The monoisotopic (exact) mass is 338 g/mol. The molecule has 0 aromatic carbocycles. The normalized spacial score (nSPS) is 18.0. The molecule has 1 fully saturated rings. The number of nitrogens with one attached hydrogen (secondary N) is 1. The Kier molecular flexibility index (Phi) is 4.37. The summed E-state index contributed by atoms with van der Waals surface area (Å²) in [5, 5.41) is 7.43. The molecule has 0 bridgehead atoms. The van der Waals surface area contributed by atoms with Crippen molar-refractivity contribution in [2.45, 2.75) is 37.8 Å². The summed E-state index contributed by atoms with van der Waals surface area (Å²) in [6.07, 6.45) is 0. The van der Waals surface area contributed by atoms with E-state index in [1.54, 1.807) is 11.8 Å². The Bertz CT molecular complexity index is 629.